The van der Waals surface area contributed by atoms with Gasteiger partial charge < -0.3 is 9.84 Å². The molecule has 1 aliphatic rings. The SMILES string of the molecule is CCC(CC1=CCC(OC)CC1)C(=O)O. The molecule has 0 heterocycles. The lowest BCUT2D eigenvalue weighted by Gasteiger charge is -2.22. The molecular weight excluding hydrogens is 192 g/mol. The van der Waals surface area contributed by atoms with E-state index in [1.807, 2.05) is 6.92 Å². The largest absolute Gasteiger partial charge is 0.481 e. The molecule has 2 unspecified atom stereocenters. The van der Waals surface area contributed by atoms with Gasteiger partial charge in [0.15, 0.2) is 0 Å². The number of ether oxygens (including phenoxy) is 1. The summed E-state index contributed by atoms with van der Waals surface area (Å²) in [5.41, 5.74) is 1.29. The second-order valence-electron chi connectivity index (χ2n) is 4.14. The van der Waals surface area contributed by atoms with Gasteiger partial charge in [0, 0.05) is 7.11 Å². The average Bonchev–Trinajstić information content (AvgIpc) is 2.26. The zero-order valence-electron chi connectivity index (χ0n) is 9.53. The molecule has 3 heteroatoms. The summed E-state index contributed by atoms with van der Waals surface area (Å²) in [5, 5.41) is 8.95. The van der Waals surface area contributed by atoms with E-state index in [4.69, 9.17) is 9.84 Å². The first kappa shape index (κ1) is 12.2. The molecule has 0 aromatic rings. The number of hydrogen-bond donors (Lipinski definition) is 1. The Bertz CT molecular complexity index is 245. The maximum atomic E-state index is 10.9. The highest BCUT2D eigenvalue weighted by Gasteiger charge is 2.20. The molecule has 0 aromatic heterocycles. The minimum atomic E-state index is -0.674. The summed E-state index contributed by atoms with van der Waals surface area (Å²) < 4.78 is 5.26. The molecule has 0 bridgehead atoms. The molecule has 0 spiro atoms. The topological polar surface area (TPSA) is 46.5 Å². The van der Waals surface area contributed by atoms with Gasteiger partial charge in [0.2, 0.25) is 0 Å². The van der Waals surface area contributed by atoms with E-state index in [1.54, 1.807) is 7.11 Å². The highest BCUT2D eigenvalue weighted by Crippen LogP contribution is 2.26. The summed E-state index contributed by atoms with van der Waals surface area (Å²) >= 11 is 0. The molecule has 86 valence electrons. The standard InChI is InChI=1S/C12H20O3/c1-3-10(12(13)14)8-9-4-6-11(15-2)7-5-9/h4,10-11H,3,5-8H2,1-2H3,(H,13,14). The van der Waals surface area contributed by atoms with Crippen LogP contribution in [0.4, 0.5) is 0 Å². The van der Waals surface area contributed by atoms with Crippen LogP contribution in [0.15, 0.2) is 11.6 Å². The third-order valence-electron chi connectivity index (χ3n) is 3.14. The minimum Gasteiger partial charge on any atom is -0.481 e. The van der Waals surface area contributed by atoms with E-state index in [9.17, 15) is 4.79 Å². The van der Waals surface area contributed by atoms with Gasteiger partial charge in [-0.25, -0.2) is 0 Å². The summed E-state index contributed by atoms with van der Waals surface area (Å²) in [6.45, 7) is 1.93. The van der Waals surface area contributed by atoms with Gasteiger partial charge in [0.1, 0.15) is 0 Å². The summed E-state index contributed by atoms with van der Waals surface area (Å²) in [6, 6.07) is 0. The molecule has 0 fully saturated rings. The van der Waals surface area contributed by atoms with E-state index in [0.717, 1.165) is 19.3 Å². The van der Waals surface area contributed by atoms with Crippen LogP contribution in [0.3, 0.4) is 0 Å². The second kappa shape index (κ2) is 5.91. The van der Waals surface area contributed by atoms with Crippen LogP contribution in [0.2, 0.25) is 0 Å². The highest BCUT2D eigenvalue weighted by molar-refractivity contribution is 5.70. The first-order valence-corrected chi connectivity index (χ1v) is 5.60. The number of carboxylic acid groups (broad SMARTS) is 1. The number of carboxylic acids is 1. The summed E-state index contributed by atoms with van der Waals surface area (Å²) in [4.78, 5) is 10.9. The normalized spacial score (nSPS) is 23.3. The van der Waals surface area contributed by atoms with Crippen molar-refractivity contribution in [2.45, 2.75) is 45.1 Å². The third kappa shape index (κ3) is 3.67. The number of carbonyl (C=O) groups is 1. The van der Waals surface area contributed by atoms with Crippen LogP contribution in [0.25, 0.3) is 0 Å². The third-order valence-corrected chi connectivity index (χ3v) is 3.14. The van der Waals surface area contributed by atoms with Gasteiger partial charge in [-0.15, -0.1) is 0 Å². The number of methoxy groups -OCH3 is 1. The van der Waals surface area contributed by atoms with E-state index in [2.05, 4.69) is 6.08 Å². The van der Waals surface area contributed by atoms with Gasteiger partial charge in [-0.3, -0.25) is 4.79 Å². The van der Waals surface area contributed by atoms with Crippen LogP contribution in [0.1, 0.15) is 39.0 Å². The quantitative estimate of drug-likeness (QED) is 0.712. The van der Waals surface area contributed by atoms with E-state index < -0.39 is 5.97 Å². The lowest BCUT2D eigenvalue weighted by molar-refractivity contribution is -0.141. The Morgan fingerprint density at radius 2 is 2.47 bits per heavy atom. The molecule has 0 saturated carbocycles. The fraction of sp³-hybridized carbons (Fsp3) is 0.750. The fourth-order valence-electron chi connectivity index (χ4n) is 1.99. The Kier molecular flexibility index (Phi) is 4.82. The van der Waals surface area contributed by atoms with Crippen molar-refractivity contribution in [1.29, 1.82) is 0 Å². The molecule has 2 atom stereocenters. The predicted octanol–water partition coefficient (Wildman–Crippen LogP) is 2.61. The van der Waals surface area contributed by atoms with Crippen LogP contribution >= 0.6 is 0 Å². The van der Waals surface area contributed by atoms with E-state index in [-0.39, 0.29) is 5.92 Å². The Morgan fingerprint density at radius 3 is 2.87 bits per heavy atom. The van der Waals surface area contributed by atoms with Gasteiger partial charge in [0.05, 0.1) is 12.0 Å². The van der Waals surface area contributed by atoms with E-state index in [0.29, 0.717) is 18.9 Å². The smallest absolute Gasteiger partial charge is 0.306 e. The highest BCUT2D eigenvalue weighted by atomic mass is 16.5. The van der Waals surface area contributed by atoms with Gasteiger partial charge in [-0.2, -0.15) is 0 Å². The molecule has 0 aliphatic heterocycles. The second-order valence-corrected chi connectivity index (χ2v) is 4.14. The molecule has 0 amide bonds. The number of rotatable bonds is 5. The van der Waals surface area contributed by atoms with Crippen LogP contribution < -0.4 is 0 Å². The molecular formula is C12H20O3. The van der Waals surface area contributed by atoms with Crippen molar-refractivity contribution in [3.05, 3.63) is 11.6 Å². The first-order valence-electron chi connectivity index (χ1n) is 5.60. The van der Waals surface area contributed by atoms with Crippen molar-refractivity contribution in [2.24, 2.45) is 5.92 Å². The summed E-state index contributed by atoms with van der Waals surface area (Å²) in [5.74, 6) is -0.886. The monoisotopic (exact) mass is 212 g/mol. The van der Waals surface area contributed by atoms with Crippen LogP contribution in [0.5, 0.6) is 0 Å². The van der Waals surface area contributed by atoms with Crippen molar-refractivity contribution in [1.82, 2.24) is 0 Å². The summed E-state index contributed by atoms with van der Waals surface area (Å²) in [6.07, 6.45) is 6.85. The van der Waals surface area contributed by atoms with Gasteiger partial charge in [-0.1, -0.05) is 18.6 Å². The van der Waals surface area contributed by atoms with Crippen molar-refractivity contribution in [2.75, 3.05) is 7.11 Å². The maximum absolute atomic E-state index is 10.9. The van der Waals surface area contributed by atoms with E-state index >= 15 is 0 Å². The zero-order chi connectivity index (χ0) is 11.3. The van der Waals surface area contributed by atoms with E-state index in [1.165, 1.54) is 5.57 Å². The molecule has 0 saturated heterocycles. The minimum absolute atomic E-state index is 0.213. The molecule has 1 aliphatic carbocycles. The van der Waals surface area contributed by atoms with Gasteiger partial charge in [-0.05, 0) is 32.1 Å². The number of hydrogen-bond acceptors (Lipinski definition) is 2. The van der Waals surface area contributed by atoms with Crippen molar-refractivity contribution in [3.8, 4) is 0 Å². The van der Waals surface area contributed by atoms with Crippen LogP contribution in [-0.2, 0) is 9.53 Å². The molecule has 15 heavy (non-hydrogen) atoms. The van der Waals surface area contributed by atoms with Crippen molar-refractivity contribution in [3.63, 3.8) is 0 Å². The van der Waals surface area contributed by atoms with Crippen LogP contribution in [-0.4, -0.2) is 24.3 Å². The van der Waals surface area contributed by atoms with Crippen LogP contribution in [0, 0.1) is 5.92 Å². The fourth-order valence-corrected chi connectivity index (χ4v) is 1.99. The molecule has 1 N–H and O–H groups in total. The Morgan fingerprint density at radius 1 is 1.73 bits per heavy atom. The molecule has 3 nitrogen and oxygen atoms in total. The van der Waals surface area contributed by atoms with Gasteiger partial charge in [0.25, 0.3) is 0 Å². The number of allylic oxidation sites excluding steroid dienone is 1. The maximum Gasteiger partial charge on any atom is 0.306 e. The van der Waals surface area contributed by atoms with Gasteiger partial charge >= 0.3 is 5.97 Å². The lowest BCUT2D eigenvalue weighted by atomic mass is 9.89. The molecule has 0 radical (unpaired) electrons. The zero-order valence-corrected chi connectivity index (χ0v) is 9.53. The first-order chi connectivity index (χ1) is 7.17. The molecule has 0 aromatic carbocycles. The Balaban J connectivity index is 2.45. The lowest BCUT2D eigenvalue weighted by Crippen LogP contribution is -2.17. The summed E-state index contributed by atoms with van der Waals surface area (Å²) in [7, 11) is 1.73. The Labute approximate surface area is 91.1 Å². The number of aliphatic carboxylic acids is 1. The van der Waals surface area contributed by atoms with Crippen molar-refractivity contribution >= 4 is 5.97 Å². The average molecular weight is 212 g/mol. The predicted molar refractivity (Wildman–Crippen MR) is 58.8 cm³/mol. The Hall–Kier alpha value is -0.830. The van der Waals surface area contributed by atoms with Crippen molar-refractivity contribution < 1.29 is 14.6 Å². The molecule has 1 rings (SSSR count).